The van der Waals surface area contributed by atoms with E-state index in [2.05, 4.69) is 9.88 Å². The average Bonchev–Trinajstić information content (AvgIpc) is 2.62. The molecule has 2 saturated heterocycles. The topological polar surface area (TPSA) is 76.7 Å². The molecule has 148 valence electrons. The molecule has 0 bridgehead atoms. The fraction of sp³-hybridized carbons (Fsp3) is 0.650. The SMILES string of the molecule is Cc1cc(=O)c(C(=O)N2CCCC3(CCC(=O)N(CCN(C)C)C3)C2)c[nH]1. The number of piperidine rings is 2. The van der Waals surface area contributed by atoms with Gasteiger partial charge < -0.3 is 19.7 Å². The van der Waals surface area contributed by atoms with Crippen molar-refractivity contribution in [3.05, 3.63) is 33.7 Å². The first kappa shape index (κ1) is 19.6. The van der Waals surface area contributed by atoms with E-state index >= 15 is 0 Å². The van der Waals surface area contributed by atoms with Crippen LogP contribution in [0.4, 0.5) is 0 Å². The molecule has 1 unspecified atom stereocenters. The third kappa shape index (κ3) is 4.40. The van der Waals surface area contributed by atoms with E-state index in [-0.39, 0.29) is 28.2 Å². The van der Waals surface area contributed by atoms with Crippen molar-refractivity contribution in [3.63, 3.8) is 0 Å². The number of rotatable bonds is 4. The third-order valence-corrected chi connectivity index (χ3v) is 5.80. The number of hydrogen-bond acceptors (Lipinski definition) is 4. The van der Waals surface area contributed by atoms with Crippen molar-refractivity contribution in [2.24, 2.45) is 5.41 Å². The van der Waals surface area contributed by atoms with Crippen LogP contribution in [0.5, 0.6) is 0 Å². The highest BCUT2D eigenvalue weighted by Gasteiger charge is 2.42. The number of carbonyl (C=O) groups is 2. The molecule has 2 amide bonds. The van der Waals surface area contributed by atoms with E-state index in [1.54, 1.807) is 6.92 Å². The van der Waals surface area contributed by atoms with Crippen molar-refractivity contribution >= 4 is 11.8 Å². The van der Waals surface area contributed by atoms with Gasteiger partial charge in [-0.15, -0.1) is 0 Å². The Morgan fingerprint density at radius 3 is 2.74 bits per heavy atom. The summed E-state index contributed by atoms with van der Waals surface area (Å²) in [4.78, 5) is 46.3. The van der Waals surface area contributed by atoms with Gasteiger partial charge >= 0.3 is 0 Å². The van der Waals surface area contributed by atoms with Gasteiger partial charge in [-0.2, -0.15) is 0 Å². The molecule has 1 atom stereocenters. The van der Waals surface area contributed by atoms with Crippen LogP contribution < -0.4 is 5.43 Å². The van der Waals surface area contributed by atoms with Crippen molar-refractivity contribution < 1.29 is 9.59 Å². The lowest BCUT2D eigenvalue weighted by Crippen LogP contribution is -2.56. The maximum absolute atomic E-state index is 12.9. The summed E-state index contributed by atoms with van der Waals surface area (Å²) >= 11 is 0. The lowest BCUT2D eigenvalue weighted by atomic mass is 9.73. The predicted molar refractivity (Wildman–Crippen MR) is 104 cm³/mol. The zero-order chi connectivity index (χ0) is 19.6. The second-order valence-electron chi connectivity index (χ2n) is 8.34. The van der Waals surface area contributed by atoms with Crippen LogP contribution in [0, 0.1) is 12.3 Å². The van der Waals surface area contributed by atoms with Gasteiger partial charge in [0.2, 0.25) is 5.91 Å². The molecular formula is C20H30N4O3. The number of aryl methyl sites for hydroxylation is 1. The van der Waals surface area contributed by atoms with Crippen molar-refractivity contribution in [1.82, 2.24) is 19.7 Å². The lowest BCUT2D eigenvalue weighted by Gasteiger charge is -2.48. The number of nitrogens with one attached hydrogen (secondary N) is 1. The van der Waals surface area contributed by atoms with Gasteiger partial charge in [-0.05, 0) is 40.3 Å². The smallest absolute Gasteiger partial charge is 0.259 e. The molecule has 2 fully saturated rings. The van der Waals surface area contributed by atoms with Gasteiger partial charge in [-0.3, -0.25) is 14.4 Å². The van der Waals surface area contributed by atoms with Gasteiger partial charge in [0, 0.05) is 62.5 Å². The van der Waals surface area contributed by atoms with E-state index in [1.807, 2.05) is 23.9 Å². The second kappa shape index (κ2) is 7.84. The van der Waals surface area contributed by atoms with Crippen LogP contribution in [0.15, 0.2) is 17.1 Å². The van der Waals surface area contributed by atoms with Gasteiger partial charge in [0.1, 0.15) is 5.56 Å². The molecule has 3 rings (SSSR count). The van der Waals surface area contributed by atoms with Crippen molar-refractivity contribution in [1.29, 1.82) is 0 Å². The number of pyridine rings is 1. The lowest BCUT2D eigenvalue weighted by molar-refractivity contribution is -0.139. The first-order valence-corrected chi connectivity index (χ1v) is 9.71. The molecule has 2 aliphatic heterocycles. The molecule has 0 saturated carbocycles. The van der Waals surface area contributed by atoms with E-state index in [0.717, 1.165) is 38.0 Å². The van der Waals surface area contributed by atoms with E-state index in [0.29, 0.717) is 26.1 Å². The molecule has 1 aromatic rings. The van der Waals surface area contributed by atoms with E-state index in [9.17, 15) is 14.4 Å². The molecule has 1 N–H and O–H groups in total. The molecule has 7 nitrogen and oxygen atoms in total. The van der Waals surface area contributed by atoms with E-state index in [4.69, 9.17) is 0 Å². The van der Waals surface area contributed by atoms with Gasteiger partial charge in [0.15, 0.2) is 5.43 Å². The van der Waals surface area contributed by atoms with Gasteiger partial charge in [-0.25, -0.2) is 0 Å². The molecule has 0 radical (unpaired) electrons. The summed E-state index contributed by atoms with van der Waals surface area (Å²) in [5.41, 5.74) is 0.663. The van der Waals surface area contributed by atoms with Gasteiger partial charge in [-0.1, -0.05) is 0 Å². The minimum Gasteiger partial charge on any atom is -0.364 e. The monoisotopic (exact) mass is 374 g/mol. The number of amides is 2. The minimum atomic E-state index is -0.234. The number of H-pyrrole nitrogens is 1. The number of aromatic amines is 1. The third-order valence-electron chi connectivity index (χ3n) is 5.80. The molecule has 7 heteroatoms. The largest absolute Gasteiger partial charge is 0.364 e. The van der Waals surface area contributed by atoms with Crippen LogP contribution in [-0.2, 0) is 4.79 Å². The number of nitrogens with zero attached hydrogens (tertiary/aromatic N) is 3. The number of likely N-dealkylation sites (tertiary alicyclic amines) is 2. The zero-order valence-electron chi connectivity index (χ0n) is 16.6. The Labute approximate surface area is 160 Å². The van der Waals surface area contributed by atoms with Crippen LogP contribution in [0.3, 0.4) is 0 Å². The normalized spacial score (nSPS) is 23.3. The van der Waals surface area contributed by atoms with Gasteiger partial charge in [0.05, 0.1) is 0 Å². The fourth-order valence-corrected chi connectivity index (χ4v) is 4.25. The van der Waals surface area contributed by atoms with Crippen LogP contribution in [0.25, 0.3) is 0 Å². The quantitative estimate of drug-likeness (QED) is 0.856. The molecular weight excluding hydrogens is 344 g/mol. The Bertz CT molecular complexity index is 773. The van der Waals surface area contributed by atoms with Crippen molar-refractivity contribution in [3.8, 4) is 0 Å². The molecule has 1 spiro atoms. The summed E-state index contributed by atoms with van der Waals surface area (Å²) < 4.78 is 0. The van der Waals surface area contributed by atoms with E-state index in [1.165, 1.54) is 12.3 Å². The summed E-state index contributed by atoms with van der Waals surface area (Å²) in [6.45, 7) is 5.34. The predicted octanol–water partition coefficient (Wildman–Crippen LogP) is 1.09. The van der Waals surface area contributed by atoms with Crippen molar-refractivity contribution in [2.45, 2.75) is 32.6 Å². The van der Waals surface area contributed by atoms with E-state index < -0.39 is 0 Å². The van der Waals surface area contributed by atoms with Crippen LogP contribution in [0.1, 0.15) is 41.7 Å². The number of aromatic nitrogens is 1. The maximum atomic E-state index is 12.9. The summed E-state index contributed by atoms with van der Waals surface area (Å²) in [5, 5.41) is 0. The Morgan fingerprint density at radius 1 is 1.26 bits per heavy atom. The van der Waals surface area contributed by atoms with Gasteiger partial charge in [0.25, 0.3) is 5.91 Å². The highest BCUT2D eigenvalue weighted by atomic mass is 16.2. The Hall–Kier alpha value is -2.15. The summed E-state index contributed by atoms with van der Waals surface area (Å²) in [5.74, 6) is 0.00738. The summed E-state index contributed by atoms with van der Waals surface area (Å²) in [6, 6.07) is 1.47. The Morgan fingerprint density at radius 2 is 2.04 bits per heavy atom. The van der Waals surface area contributed by atoms with Crippen LogP contribution >= 0.6 is 0 Å². The number of likely N-dealkylation sites (N-methyl/N-ethyl adjacent to an activating group) is 1. The Balaban J connectivity index is 1.73. The average molecular weight is 374 g/mol. The first-order chi connectivity index (χ1) is 12.8. The standard InChI is InChI=1S/C20H30N4O3/c1-15-11-17(25)16(12-21-15)19(27)24-8-4-6-20(14-24)7-5-18(26)23(13-20)10-9-22(2)3/h11-12H,4-10,13-14H2,1-3H3,(H,21,25). The van der Waals surface area contributed by atoms with Crippen LogP contribution in [-0.4, -0.2) is 78.3 Å². The number of hydrogen-bond donors (Lipinski definition) is 1. The highest BCUT2D eigenvalue weighted by molar-refractivity contribution is 5.94. The molecule has 2 aliphatic rings. The summed E-state index contributed by atoms with van der Waals surface area (Å²) in [7, 11) is 4.01. The first-order valence-electron chi connectivity index (χ1n) is 9.71. The fourth-order valence-electron chi connectivity index (χ4n) is 4.25. The van der Waals surface area contributed by atoms with Crippen LogP contribution in [0.2, 0.25) is 0 Å². The Kier molecular flexibility index (Phi) is 5.69. The minimum absolute atomic E-state index is 0.0500. The maximum Gasteiger partial charge on any atom is 0.259 e. The highest BCUT2D eigenvalue weighted by Crippen LogP contribution is 2.39. The molecule has 27 heavy (non-hydrogen) atoms. The molecule has 0 aromatic carbocycles. The molecule has 1 aromatic heterocycles. The second-order valence-corrected chi connectivity index (χ2v) is 8.34. The molecule has 0 aliphatic carbocycles. The summed E-state index contributed by atoms with van der Waals surface area (Å²) in [6.07, 6.45) is 4.81. The number of carbonyl (C=O) groups excluding carboxylic acids is 2. The van der Waals surface area contributed by atoms with Crippen molar-refractivity contribution in [2.75, 3.05) is 46.8 Å². The molecule has 3 heterocycles. The zero-order valence-corrected chi connectivity index (χ0v) is 16.6.